The van der Waals surface area contributed by atoms with E-state index in [0.29, 0.717) is 21.9 Å². The van der Waals surface area contributed by atoms with E-state index < -0.39 is 15.8 Å². The summed E-state index contributed by atoms with van der Waals surface area (Å²) in [6, 6.07) is 13.1. The third-order valence-corrected chi connectivity index (χ3v) is 5.78. The van der Waals surface area contributed by atoms with Crippen LogP contribution in [0.4, 0.5) is 0 Å². The number of fused-ring (bicyclic) bond motifs is 1. The molecule has 0 aliphatic carbocycles. The Kier molecular flexibility index (Phi) is 4.78. The summed E-state index contributed by atoms with van der Waals surface area (Å²) < 4.78 is 26.5. The van der Waals surface area contributed by atoms with E-state index in [1.54, 1.807) is 24.3 Å². The fourth-order valence-corrected chi connectivity index (χ4v) is 3.98. The van der Waals surface area contributed by atoms with Crippen LogP contribution >= 0.6 is 11.6 Å². The summed E-state index contributed by atoms with van der Waals surface area (Å²) >= 11 is 5.79. The standard InChI is InChI=1S/C17H15ClN2O4S/c18-12-5-7-13(8-6-12)25(23,24)10-9-16-19-14-3-1-2-4-15(14)20(16)11-17(21)22/h1-8H,9-11H2,(H,21,22). The largest absolute Gasteiger partial charge is 0.480 e. The van der Waals surface area contributed by atoms with Crippen LogP contribution in [0.3, 0.4) is 0 Å². The van der Waals surface area contributed by atoms with Crippen LogP contribution in [0.1, 0.15) is 5.82 Å². The molecule has 130 valence electrons. The highest BCUT2D eigenvalue weighted by Gasteiger charge is 2.18. The number of hydrogen-bond acceptors (Lipinski definition) is 4. The van der Waals surface area contributed by atoms with Gasteiger partial charge in [0.2, 0.25) is 0 Å². The summed E-state index contributed by atoms with van der Waals surface area (Å²) in [4.78, 5) is 15.7. The molecule has 1 heterocycles. The molecule has 8 heteroatoms. The SMILES string of the molecule is O=C(O)Cn1c(CCS(=O)(=O)c2ccc(Cl)cc2)nc2ccccc21. The van der Waals surface area contributed by atoms with Crippen LogP contribution in [0, 0.1) is 0 Å². The lowest BCUT2D eigenvalue weighted by Gasteiger charge is -2.07. The molecule has 3 aromatic rings. The number of carboxylic acid groups (broad SMARTS) is 1. The van der Waals surface area contributed by atoms with Crippen molar-refractivity contribution in [3.63, 3.8) is 0 Å². The molecule has 0 fully saturated rings. The Morgan fingerprint density at radius 3 is 2.48 bits per heavy atom. The number of nitrogens with zero attached hydrogens (tertiary/aromatic N) is 2. The number of sulfone groups is 1. The monoisotopic (exact) mass is 378 g/mol. The molecule has 0 amide bonds. The van der Waals surface area contributed by atoms with Crippen molar-refractivity contribution in [1.82, 2.24) is 9.55 Å². The highest BCUT2D eigenvalue weighted by molar-refractivity contribution is 7.91. The first-order valence-corrected chi connectivity index (χ1v) is 9.54. The number of aromatic nitrogens is 2. The van der Waals surface area contributed by atoms with Crippen molar-refractivity contribution in [2.45, 2.75) is 17.9 Å². The topological polar surface area (TPSA) is 89.3 Å². The number of aliphatic carboxylic acids is 1. The first kappa shape index (κ1) is 17.4. The summed E-state index contributed by atoms with van der Waals surface area (Å²) in [5.41, 5.74) is 1.31. The van der Waals surface area contributed by atoms with Crippen molar-refractivity contribution in [2.75, 3.05) is 5.75 Å². The van der Waals surface area contributed by atoms with E-state index in [2.05, 4.69) is 4.98 Å². The van der Waals surface area contributed by atoms with Crippen LogP contribution in [0.5, 0.6) is 0 Å². The van der Waals surface area contributed by atoms with E-state index in [4.69, 9.17) is 16.7 Å². The Balaban J connectivity index is 1.90. The minimum atomic E-state index is -3.52. The minimum Gasteiger partial charge on any atom is -0.480 e. The molecular weight excluding hydrogens is 364 g/mol. The maximum atomic E-state index is 12.5. The molecule has 25 heavy (non-hydrogen) atoms. The Labute approximate surface area is 149 Å². The lowest BCUT2D eigenvalue weighted by Crippen LogP contribution is -2.16. The molecular formula is C17H15ClN2O4S. The summed E-state index contributed by atoms with van der Waals surface area (Å²) in [6.45, 7) is -0.267. The lowest BCUT2D eigenvalue weighted by molar-refractivity contribution is -0.137. The first-order valence-electron chi connectivity index (χ1n) is 7.51. The third kappa shape index (κ3) is 3.83. The van der Waals surface area contributed by atoms with Gasteiger partial charge >= 0.3 is 5.97 Å². The molecule has 0 spiro atoms. The maximum Gasteiger partial charge on any atom is 0.323 e. The van der Waals surface area contributed by atoms with Gasteiger partial charge in [0.25, 0.3) is 0 Å². The van der Waals surface area contributed by atoms with Gasteiger partial charge < -0.3 is 9.67 Å². The summed E-state index contributed by atoms with van der Waals surface area (Å²) in [6.07, 6.45) is 0.118. The van der Waals surface area contributed by atoms with Gasteiger partial charge in [-0.1, -0.05) is 23.7 Å². The van der Waals surface area contributed by atoms with Crippen molar-refractivity contribution in [1.29, 1.82) is 0 Å². The molecule has 1 aromatic heterocycles. The molecule has 0 saturated heterocycles. The number of aryl methyl sites for hydroxylation is 1. The van der Waals surface area contributed by atoms with Crippen LogP contribution in [-0.4, -0.2) is 34.8 Å². The van der Waals surface area contributed by atoms with Gasteiger partial charge in [0, 0.05) is 11.4 Å². The zero-order valence-corrected chi connectivity index (χ0v) is 14.7. The van der Waals surface area contributed by atoms with Gasteiger partial charge in [-0.15, -0.1) is 0 Å². The number of para-hydroxylation sites is 2. The maximum absolute atomic E-state index is 12.5. The quantitative estimate of drug-likeness (QED) is 0.712. The van der Waals surface area contributed by atoms with Crippen LogP contribution in [0.25, 0.3) is 11.0 Å². The zero-order valence-electron chi connectivity index (χ0n) is 13.1. The van der Waals surface area contributed by atoms with Crippen LogP contribution in [0.2, 0.25) is 5.02 Å². The predicted molar refractivity (Wildman–Crippen MR) is 94.6 cm³/mol. The van der Waals surface area contributed by atoms with E-state index in [1.165, 1.54) is 28.8 Å². The Hall–Kier alpha value is -2.38. The van der Waals surface area contributed by atoms with Crippen LogP contribution in [-0.2, 0) is 27.6 Å². The third-order valence-electron chi connectivity index (χ3n) is 3.79. The van der Waals surface area contributed by atoms with Crippen molar-refractivity contribution in [2.24, 2.45) is 0 Å². The van der Waals surface area contributed by atoms with Gasteiger partial charge in [-0.3, -0.25) is 4.79 Å². The van der Waals surface area contributed by atoms with Crippen LogP contribution < -0.4 is 0 Å². The average Bonchev–Trinajstić information content (AvgIpc) is 2.91. The van der Waals surface area contributed by atoms with Crippen molar-refractivity contribution in [3.8, 4) is 0 Å². The predicted octanol–water partition coefficient (Wildman–Crippen LogP) is 2.79. The Morgan fingerprint density at radius 2 is 1.80 bits per heavy atom. The average molecular weight is 379 g/mol. The number of imidazole rings is 1. The molecule has 1 N–H and O–H groups in total. The second-order valence-corrected chi connectivity index (χ2v) is 8.07. The lowest BCUT2D eigenvalue weighted by atomic mass is 10.3. The van der Waals surface area contributed by atoms with Crippen LogP contribution in [0.15, 0.2) is 53.4 Å². The van der Waals surface area contributed by atoms with Gasteiger partial charge in [0.05, 0.1) is 21.7 Å². The Morgan fingerprint density at radius 1 is 1.12 bits per heavy atom. The number of halogens is 1. The van der Waals surface area contributed by atoms with Gasteiger partial charge in [-0.25, -0.2) is 13.4 Å². The van der Waals surface area contributed by atoms with E-state index in [0.717, 1.165) is 0 Å². The molecule has 0 bridgehead atoms. The number of hydrogen-bond donors (Lipinski definition) is 1. The molecule has 0 saturated carbocycles. The molecule has 0 aliphatic rings. The van der Waals surface area contributed by atoms with Gasteiger partial charge in [0.15, 0.2) is 9.84 Å². The number of carbonyl (C=O) groups is 1. The molecule has 0 atom stereocenters. The molecule has 0 unspecified atom stereocenters. The second kappa shape index (κ2) is 6.85. The molecule has 0 aliphatic heterocycles. The van der Waals surface area contributed by atoms with E-state index in [9.17, 15) is 13.2 Å². The highest BCUT2D eigenvalue weighted by atomic mass is 35.5. The number of benzene rings is 2. The molecule has 0 radical (unpaired) electrons. The highest BCUT2D eigenvalue weighted by Crippen LogP contribution is 2.19. The smallest absolute Gasteiger partial charge is 0.323 e. The molecule has 2 aromatic carbocycles. The Bertz CT molecular complexity index is 1030. The van der Waals surface area contributed by atoms with E-state index >= 15 is 0 Å². The van der Waals surface area contributed by atoms with Crippen molar-refractivity contribution in [3.05, 3.63) is 59.4 Å². The molecule has 3 rings (SSSR count). The normalized spacial score (nSPS) is 11.7. The second-order valence-electron chi connectivity index (χ2n) is 5.52. The fourth-order valence-electron chi connectivity index (χ4n) is 2.61. The fraction of sp³-hybridized carbons (Fsp3) is 0.176. The van der Waals surface area contributed by atoms with Crippen molar-refractivity contribution >= 4 is 38.4 Å². The minimum absolute atomic E-state index is 0.118. The molecule has 6 nitrogen and oxygen atoms in total. The van der Waals surface area contributed by atoms with Crippen molar-refractivity contribution < 1.29 is 18.3 Å². The van der Waals surface area contributed by atoms with E-state index in [1.807, 2.05) is 0 Å². The zero-order chi connectivity index (χ0) is 18.0. The van der Waals surface area contributed by atoms with Gasteiger partial charge in [-0.2, -0.15) is 0 Å². The number of carboxylic acids is 1. The first-order chi connectivity index (χ1) is 11.9. The number of rotatable bonds is 6. The summed E-state index contributed by atoms with van der Waals surface area (Å²) in [7, 11) is -3.52. The summed E-state index contributed by atoms with van der Waals surface area (Å²) in [5, 5.41) is 9.58. The van der Waals surface area contributed by atoms with Gasteiger partial charge in [0.1, 0.15) is 12.4 Å². The summed E-state index contributed by atoms with van der Waals surface area (Å²) in [5.74, 6) is -0.747. The van der Waals surface area contributed by atoms with E-state index in [-0.39, 0.29) is 23.6 Å². The van der Waals surface area contributed by atoms with Gasteiger partial charge in [-0.05, 0) is 36.4 Å².